The highest BCUT2D eigenvalue weighted by Gasteiger charge is 2.39. The molecule has 2 nitrogen and oxygen atoms in total. The SMILES string of the molecule is CCCCCSC1=CCN=C1[C@@H]1CN2CCC[C@H]1C2. The highest BCUT2D eigenvalue weighted by Crippen LogP contribution is 2.37. The van der Waals surface area contributed by atoms with Crippen molar-refractivity contribution >= 4 is 17.5 Å². The number of fused-ring (bicyclic) bond motifs is 2. The molecular weight excluding hydrogens is 252 g/mol. The van der Waals surface area contributed by atoms with Crippen LogP contribution in [0.15, 0.2) is 16.0 Å². The number of nitrogens with zero attached hydrogens (tertiary/aromatic N) is 2. The van der Waals surface area contributed by atoms with Crippen LogP contribution in [0.4, 0.5) is 0 Å². The zero-order valence-corrected chi connectivity index (χ0v) is 12.9. The number of allylic oxidation sites excluding steroid dienone is 1. The van der Waals surface area contributed by atoms with E-state index in [0.29, 0.717) is 0 Å². The van der Waals surface area contributed by atoms with Crippen molar-refractivity contribution < 1.29 is 0 Å². The predicted octanol–water partition coefficient (Wildman–Crippen LogP) is 3.59. The molecule has 0 N–H and O–H groups in total. The van der Waals surface area contributed by atoms with E-state index in [1.807, 2.05) is 0 Å². The summed E-state index contributed by atoms with van der Waals surface area (Å²) in [5.41, 5.74) is 1.47. The minimum atomic E-state index is 0.745. The largest absolute Gasteiger partial charge is 0.302 e. The van der Waals surface area contributed by atoms with Crippen molar-refractivity contribution in [3.63, 3.8) is 0 Å². The second-order valence-electron chi connectivity index (χ2n) is 6.12. The zero-order valence-electron chi connectivity index (χ0n) is 12.1. The summed E-state index contributed by atoms with van der Waals surface area (Å²) in [5, 5.41) is 0. The normalized spacial score (nSPS) is 33.4. The molecule has 106 valence electrons. The fourth-order valence-corrected chi connectivity index (χ4v) is 4.82. The van der Waals surface area contributed by atoms with Gasteiger partial charge in [-0.05, 0) is 43.6 Å². The van der Waals surface area contributed by atoms with Gasteiger partial charge >= 0.3 is 0 Å². The van der Waals surface area contributed by atoms with Crippen LogP contribution in [0.3, 0.4) is 0 Å². The Balaban J connectivity index is 1.57. The standard InChI is InChI=1S/C16H26N2S/c1-2-3-4-10-19-15-7-8-17-16(15)14-12-18-9-5-6-13(14)11-18/h7,13-14H,2-6,8-12H2,1H3/t13-,14+/m0/s1. The van der Waals surface area contributed by atoms with Crippen LogP contribution in [0.1, 0.15) is 39.0 Å². The molecule has 0 aromatic rings. The van der Waals surface area contributed by atoms with Crippen LogP contribution in [0.25, 0.3) is 0 Å². The molecule has 0 amide bonds. The van der Waals surface area contributed by atoms with E-state index in [1.165, 1.54) is 68.1 Å². The molecule has 3 rings (SSSR count). The summed E-state index contributed by atoms with van der Waals surface area (Å²) in [7, 11) is 0. The van der Waals surface area contributed by atoms with Gasteiger partial charge < -0.3 is 4.90 Å². The average molecular weight is 278 g/mol. The van der Waals surface area contributed by atoms with Gasteiger partial charge in [-0.1, -0.05) is 19.8 Å². The van der Waals surface area contributed by atoms with Gasteiger partial charge in [0.25, 0.3) is 0 Å². The number of thioether (sulfide) groups is 1. The van der Waals surface area contributed by atoms with Gasteiger partial charge in [-0.25, -0.2) is 0 Å². The molecule has 1 unspecified atom stereocenters. The zero-order chi connectivity index (χ0) is 13.1. The highest BCUT2D eigenvalue weighted by atomic mass is 32.2. The van der Waals surface area contributed by atoms with E-state index < -0.39 is 0 Å². The lowest BCUT2D eigenvalue weighted by Gasteiger charge is -2.22. The molecule has 2 fully saturated rings. The minimum absolute atomic E-state index is 0.745. The smallest absolute Gasteiger partial charge is 0.0588 e. The lowest BCUT2D eigenvalue weighted by Crippen LogP contribution is -2.25. The fraction of sp³-hybridized carbons (Fsp3) is 0.812. The van der Waals surface area contributed by atoms with Crippen molar-refractivity contribution in [3.8, 4) is 0 Å². The second-order valence-corrected chi connectivity index (χ2v) is 7.25. The first-order valence-electron chi connectivity index (χ1n) is 7.98. The Morgan fingerprint density at radius 2 is 2.32 bits per heavy atom. The molecule has 3 heterocycles. The molecule has 19 heavy (non-hydrogen) atoms. The minimum Gasteiger partial charge on any atom is -0.302 e. The molecule has 2 saturated heterocycles. The second kappa shape index (κ2) is 6.45. The van der Waals surface area contributed by atoms with Crippen molar-refractivity contribution in [3.05, 3.63) is 11.0 Å². The third-order valence-electron chi connectivity index (χ3n) is 4.71. The Morgan fingerprint density at radius 3 is 3.16 bits per heavy atom. The van der Waals surface area contributed by atoms with Crippen LogP contribution in [0.5, 0.6) is 0 Å². The predicted molar refractivity (Wildman–Crippen MR) is 85.0 cm³/mol. The quantitative estimate of drug-likeness (QED) is 0.690. The Bertz CT molecular complexity index is 375. The van der Waals surface area contributed by atoms with Crippen LogP contribution in [0.2, 0.25) is 0 Å². The third-order valence-corrected chi connectivity index (χ3v) is 5.89. The van der Waals surface area contributed by atoms with Gasteiger partial charge in [0.05, 0.1) is 12.3 Å². The Labute approximate surface area is 121 Å². The molecule has 3 aliphatic rings. The first-order chi connectivity index (χ1) is 9.38. The van der Waals surface area contributed by atoms with Gasteiger partial charge in [0.15, 0.2) is 0 Å². The van der Waals surface area contributed by atoms with Gasteiger partial charge in [-0.15, -0.1) is 11.8 Å². The van der Waals surface area contributed by atoms with E-state index in [-0.39, 0.29) is 0 Å². The van der Waals surface area contributed by atoms with E-state index in [2.05, 4.69) is 29.7 Å². The maximum absolute atomic E-state index is 4.84. The van der Waals surface area contributed by atoms with E-state index in [1.54, 1.807) is 0 Å². The number of rotatable bonds is 6. The van der Waals surface area contributed by atoms with Gasteiger partial charge in [0, 0.05) is 23.9 Å². The van der Waals surface area contributed by atoms with Gasteiger partial charge in [-0.3, -0.25) is 4.99 Å². The summed E-state index contributed by atoms with van der Waals surface area (Å²) in [6.45, 7) is 7.14. The monoisotopic (exact) mass is 278 g/mol. The topological polar surface area (TPSA) is 15.6 Å². The highest BCUT2D eigenvalue weighted by molar-refractivity contribution is 8.04. The Kier molecular flexibility index (Phi) is 4.65. The Hall–Kier alpha value is -0.280. The van der Waals surface area contributed by atoms with E-state index in [4.69, 9.17) is 4.99 Å². The van der Waals surface area contributed by atoms with Gasteiger partial charge in [0.2, 0.25) is 0 Å². The molecule has 0 aromatic heterocycles. The number of unbranched alkanes of at least 4 members (excludes halogenated alkanes) is 2. The molecular formula is C16H26N2S. The van der Waals surface area contributed by atoms with E-state index in [9.17, 15) is 0 Å². The van der Waals surface area contributed by atoms with Crippen LogP contribution >= 0.6 is 11.8 Å². The van der Waals surface area contributed by atoms with Crippen LogP contribution < -0.4 is 0 Å². The maximum atomic E-state index is 4.84. The summed E-state index contributed by atoms with van der Waals surface area (Å²) in [4.78, 5) is 9.01. The van der Waals surface area contributed by atoms with Crippen molar-refractivity contribution in [1.29, 1.82) is 0 Å². The van der Waals surface area contributed by atoms with Crippen LogP contribution in [-0.4, -0.2) is 42.5 Å². The summed E-state index contributed by atoms with van der Waals surface area (Å²) in [5.74, 6) is 2.92. The molecule has 2 bridgehead atoms. The van der Waals surface area contributed by atoms with Gasteiger partial charge in [-0.2, -0.15) is 0 Å². The average Bonchev–Trinajstić information content (AvgIpc) is 2.99. The van der Waals surface area contributed by atoms with Crippen molar-refractivity contribution in [2.45, 2.75) is 39.0 Å². The fourth-order valence-electron chi connectivity index (χ4n) is 3.70. The summed E-state index contributed by atoms with van der Waals surface area (Å²) in [6, 6.07) is 0. The molecule has 0 spiro atoms. The summed E-state index contributed by atoms with van der Waals surface area (Å²) in [6.07, 6.45) is 9.23. The third kappa shape index (κ3) is 3.08. The first-order valence-corrected chi connectivity index (χ1v) is 8.97. The van der Waals surface area contributed by atoms with Gasteiger partial charge in [0.1, 0.15) is 0 Å². The molecule has 0 aromatic carbocycles. The van der Waals surface area contributed by atoms with Crippen LogP contribution in [-0.2, 0) is 0 Å². The molecule has 3 heteroatoms. The lowest BCUT2D eigenvalue weighted by molar-refractivity contribution is 0.269. The summed E-state index contributed by atoms with van der Waals surface area (Å²) < 4.78 is 0. The molecule has 0 saturated carbocycles. The number of hydrogen-bond donors (Lipinski definition) is 0. The Morgan fingerprint density at radius 1 is 1.37 bits per heavy atom. The molecule has 0 aliphatic carbocycles. The number of hydrogen-bond acceptors (Lipinski definition) is 3. The van der Waals surface area contributed by atoms with Crippen molar-refractivity contribution in [2.24, 2.45) is 16.8 Å². The summed E-state index contributed by atoms with van der Waals surface area (Å²) >= 11 is 2.06. The molecule has 0 radical (unpaired) electrons. The first kappa shape index (κ1) is 13.7. The lowest BCUT2D eigenvalue weighted by atomic mass is 9.87. The molecule has 3 aliphatic heterocycles. The number of piperidine rings is 1. The van der Waals surface area contributed by atoms with Crippen molar-refractivity contribution in [2.75, 3.05) is 31.9 Å². The van der Waals surface area contributed by atoms with Crippen LogP contribution in [0, 0.1) is 11.8 Å². The molecule has 3 atom stereocenters. The van der Waals surface area contributed by atoms with Crippen molar-refractivity contribution in [1.82, 2.24) is 4.90 Å². The van der Waals surface area contributed by atoms with E-state index in [0.717, 1.165) is 18.4 Å². The number of aliphatic imine (C=N–C) groups is 1. The van der Waals surface area contributed by atoms with E-state index >= 15 is 0 Å². The maximum Gasteiger partial charge on any atom is 0.0588 e.